The SMILES string of the molecule is CCOC(=O)CCN(CCc1ccc(F)cc1)C(=O)c1ccc(OC)cc1. The van der Waals surface area contributed by atoms with Gasteiger partial charge in [0.1, 0.15) is 11.6 Å². The van der Waals surface area contributed by atoms with Crippen LogP contribution in [0.15, 0.2) is 48.5 Å². The highest BCUT2D eigenvalue weighted by Crippen LogP contribution is 2.14. The largest absolute Gasteiger partial charge is 0.497 e. The van der Waals surface area contributed by atoms with Gasteiger partial charge in [0.2, 0.25) is 0 Å². The number of esters is 1. The number of carbonyl (C=O) groups is 2. The highest BCUT2D eigenvalue weighted by molar-refractivity contribution is 5.94. The van der Waals surface area contributed by atoms with Gasteiger partial charge in [-0.1, -0.05) is 12.1 Å². The van der Waals surface area contributed by atoms with Crippen molar-refractivity contribution in [1.29, 1.82) is 0 Å². The molecule has 0 heterocycles. The molecule has 0 bridgehead atoms. The Hall–Kier alpha value is -2.89. The zero-order chi connectivity index (χ0) is 19.6. The molecule has 1 amide bonds. The van der Waals surface area contributed by atoms with Crippen molar-refractivity contribution in [1.82, 2.24) is 4.90 Å². The fourth-order valence-electron chi connectivity index (χ4n) is 2.61. The van der Waals surface area contributed by atoms with Crippen molar-refractivity contribution in [3.8, 4) is 5.75 Å². The number of benzene rings is 2. The van der Waals surface area contributed by atoms with Gasteiger partial charge in [0.25, 0.3) is 5.91 Å². The lowest BCUT2D eigenvalue weighted by Crippen LogP contribution is -2.35. The smallest absolute Gasteiger partial charge is 0.307 e. The molecule has 6 heteroatoms. The van der Waals surface area contributed by atoms with E-state index in [9.17, 15) is 14.0 Å². The van der Waals surface area contributed by atoms with E-state index < -0.39 is 0 Å². The second kappa shape index (κ2) is 10.3. The lowest BCUT2D eigenvalue weighted by Gasteiger charge is -2.22. The number of hydrogen-bond acceptors (Lipinski definition) is 4. The standard InChI is InChI=1S/C21H24FNO4/c1-3-27-20(24)13-15-23(14-12-16-4-8-18(22)9-5-16)21(25)17-6-10-19(26-2)11-7-17/h4-11H,3,12-15H2,1-2H3. The minimum atomic E-state index is -0.341. The van der Waals surface area contributed by atoms with Gasteiger partial charge in [-0.15, -0.1) is 0 Å². The lowest BCUT2D eigenvalue weighted by atomic mass is 10.1. The van der Waals surface area contributed by atoms with Gasteiger partial charge in [-0.3, -0.25) is 9.59 Å². The van der Waals surface area contributed by atoms with Crippen LogP contribution in [0.5, 0.6) is 5.75 Å². The molecular weight excluding hydrogens is 349 g/mol. The molecule has 144 valence electrons. The first-order valence-corrected chi connectivity index (χ1v) is 8.87. The molecule has 0 aliphatic rings. The zero-order valence-corrected chi connectivity index (χ0v) is 15.6. The number of carbonyl (C=O) groups excluding carboxylic acids is 2. The highest BCUT2D eigenvalue weighted by Gasteiger charge is 2.17. The third-order valence-electron chi connectivity index (χ3n) is 4.10. The van der Waals surface area contributed by atoms with E-state index in [1.165, 1.54) is 12.1 Å². The van der Waals surface area contributed by atoms with E-state index in [1.807, 2.05) is 0 Å². The number of nitrogens with zero attached hydrogens (tertiary/aromatic N) is 1. The molecule has 0 N–H and O–H groups in total. The Morgan fingerprint density at radius 3 is 2.26 bits per heavy atom. The van der Waals surface area contributed by atoms with Crippen molar-refractivity contribution < 1.29 is 23.5 Å². The summed E-state index contributed by atoms with van der Waals surface area (Å²) >= 11 is 0. The van der Waals surface area contributed by atoms with Gasteiger partial charge in [0.05, 0.1) is 20.1 Å². The van der Waals surface area contributed by atoms with Gasteiger partial charge in [-0.25, -0.2) is 4.39 Å². The predicted octanol–water partition coefficient (Wildman–Crippen LogP) is 3.47. The molecule has 2 aromatic rings. The summed E-state index contributed by atoms with van der Waals surface area (Å²) in [6, 6.07) is 13.0. The first-order chi connectivity index (χ1) is 13.0. The van der Waals surface area contributed by atoms with Crippen molar-refractivity contribution in [3.05, 3.63) is 65.5 Å². The van der Waals surface area contributed by atoms with Crippen LogP contribution in [-0.4, -0.2) is 43.6 Å². The number of rotatable bonds is 9. The van der Waals surface area contributed by atoms with Gasteiger partial charge < -0.3 is 14.4 Å². The normalized spacial score (nSPS) is 10.3. The maximum Gasteiger partial charge on any atom is 0.307 e. The van der Waals surface area contributed by atoms with Crippen LogP contribution in [0.3, 0.4) is 0 Å². The molecule has 0 saturated carbocycles. The van der Waals surface area contributed by atoms with Crippen LogP contribution in [-0.2, 0) is 16.0 Å². The minimum Gasteiger partial charge on any atom is -0.497 e. The second-order valence-electron chi connectivity index (χ2n) is 5.95. The molecule has 0 unspecified atom stereocenters. The fraction of sp³-hybridized carbons (Fsp3) is 0.333. The summed E-state index contributed by atoms with van der Waals surface area (Å²) in [6.45, 7) is 2.72. The van der Waals surface area contributed by atoms with Crippen molar-refractivity contribution in [2.45, 2.75) is 19.8 Å². The fourth-order valence-corrected chi connectivity index (χ4v) is 2.61. The molecule has 27 heavy (non-hydrogen) atoms. The molecule has 0 aromatic heterocycles. The number of halogens is 1. The molecule has 0 fully saturated rings. The van der Waals surface area contributed by atoms with Crippen molar-refractivity contribution in [2.75, 3.05) is 26.8 Å². The van der Waals surface area contributed by atoms with Crippen LogP contribution in [0.25, 0.3) is 0 Å². The van der Waals surface area contributed by atoms with Crippen molar-refractivity contribution in [2.24, 2.45) is 0 Å². The van der Waals surface area contributed by atoms with E-state index in [-0.39, 0.29) is 30.7 Å². The third-order valence-corrected chi connectivity index (χ3v) is 4.10. The van der Waals surface area contributed by atoms with E-state index in [0.717, 1.165) is 5.56 Å². The molecule has 2 aromatic carbocycles. The predicted molar refractivity (Wildman–Crippen MR) is 100 cm³/mol. The highest BCUT2D eigenvalue weighted by atomic mass is 19.1. The summed E-state index contributed by atoms with van der Waals surface area (Å²) in [5.41, 5.74) is 1.43. The van der Waals surface area contributed by atoms with Gasteiger partial charge in [0, 0.05) is 18.7 Å². The zero-order valence-electron chi connectivity index (χ0n) is 15.6. The van der Waals surface area contributed by atoms with Crippen LogP contribution >= 0.6 is 0 Å². The van der Waals surface area contributed by atoms with E-state index >= 15 is 0 Å². The summed E-state index contributed by atoms with van der Waals surface area (Å²) in [4.78, 5) is 26.2. The molecule has 0 aliphatic carbocycles. The summed E-state index contributed by atoms with van der Waals surface area (Å²) in [5.74, 6) is -0.154. The monoisotopic (exact) mass is 373 g/mol. The van der Waals surface area contributed by atoms with Crippen LogP contribution in [0.1, 0.15) is 29.3 Å². The van der Waals surface area contributed by atoms with Crippen molar-refractivity contribution in [3.63, 3.8) is 0 Å². The summed E-state index contributed by atoms with van der Waals surface area (Å²) in [5, 5.41) is 0. The summed E-state index contributed by atoms with van der Waals surface area (Å²) in [6.07, 6.45) is 0.685. The first-order valence-electron chi connectivity index (χ1n) is 8.87. The van der Waals surface area contributed by atoms with E-state index in [0.29, 0.717) is 30.9 Å². The van der Waals surface area contributed by atoms with Crippen LogP contribution < -0.4 is 4.74 Å². The molecule has 5 nitrogen and oxygen atoms in total. The van der Waals surface area contributed by atoms with E-state index in [2.05, 4.69) is 0 Å². The number of amides is 1. The van der Waals surface area contributed by atoms with Gasteiger partial charge in [0.15, 0.2) is 0 Å². The Labute approximate surface area is 158 Å². The Kier molecular flexibility index (Phi) is 7.79. The van der Waals surface area contributed by atoms with Crippen LogP contribution in [0.2, 0.25) is 0 Å². The molecule has 2 rings (SSSR count). The second-order valence-corrected chi connectivity index (χ2v) is 5.95. The number of ether oxygens (including phenoxy) is 2. The van der Waals surface area contributed by atoms with Crippen LogP contribution in [0.4, 0.5) is 4.39 Å². The van der Waals surface area contributed by atoms with E-state index in [1.54, 1.807) is 55.3 Å². The molecular formula is C21H24FNO4. The molecule has 0 atom stereocenters. The number of methoxy groups -OCH3 is 1. The molecule has 0 aliphatic heterocycles. The average molecular weight is 373 g/mol. The number of hydrogen-bond donors (Lipinski definition) is 0. The van der Waals surface area contributed by atoms with Gasteiger partial charge in [-0.2, -0.15) is 0 Å². The van der Waals surface area contributed by atoms with E-state index in [4.69, 9.17) is 9.47 Å². The quantitative estimate of drug-likeness (QED) is 0.632. The molecule has 0 radical (unpaired) electrons. The lowest BCUT2D eigenvalue weighted by molar-refractivity contribution is -0.143. The van der Waals surface area contributed by atoms with Crippen LogP contribution in [0, 0.1) is 5.82 Å². The maximum atomic E-state index is 13.1. The van der Waals surface area contributed by atoms with Gasteiger partial charge in [-0.05, 0) is 55.3 Å². The average Bonchev–Trinajstić information content (AvgIpc) is 2.69. The Bertz CT molecular complexity index is 744. The maximum absolute atomic E-state index is 13.1. The molecule has 0 spiro atoms. The summed E-state index contributed by atoms with van der Waals surface area (Å²) in [7, 11) is 1.56. The van der Waals surface area contributed by atoms with Crippen molar-refractivity contribution >= 4 is 11.9 Å². The first kappa shape index (κ1) is 20.4. The molecule has 0 saturated heterocycles. The Balaban J connectivity index is 2.07. The summed E-state index contributed by atoms with van der Waals surface area (Å²) < 4.78 is 23.1. The Morgan fingerprint density at radius 1 is 1.00 bits per heavy atom. The third kappa shape index (κ3) is 6.40. The Morgan fingerprint density at radius 2 is 1.67 bits per heavy atom. The van der Waals surface area contributed by atoms with Gasteiger partial charge >= 0.3 is 5.97 Å². The minimum absolute atomic E-state index is 0.124. The topological polar surface area (TPSA) is 55.8 Å².